The van der Waals surface area contributed by atoms with Crippen molar-refractivity contribution in [2.75, 3.05) is 24.5 Å². The van der Waals surface area contributed by atoms with Gasteiger partial charge in [0.25, 0.3) is 0 Å². The fourth-order valence-corrected chi connectivity index (χ4v) is 3.98. The number of amides is 1. The van der Waals surface area contributed by atoms with Crippen LogP contribution in [0.1, 0.15) is 33.3 Å². The number of nitrogens with zero attached hydrogens (tertiary/aromatic N) is 5. The van der Waals surface area contributed by atoms with Gasteiger partial charge in [-0.2, -0.15) is 5.26 Å². The van der Waals surface area contributed by atoms with Crippen LogP contribution in [0.15, 0.2) is 48.5 Å². The predicted octanol–water partition coefficient (Wildman–Crippen LogP) is 4.61. The van der Waals surface area contributed by atoms with Crippen LogP contribution in [0.25, 0.3) is 22.0 Å². The summed E-state index contributed by atoms with van der Waals surface area (Å²) >= 11 is 0. The van der Waals surface area contributed by atoms with Gasteiger partial charge in [0, 0.05) is 42.0 Å². The van der Waals surface area contributed by atoms with Crippen LogP contribution in [-0.4, -0.2) is 52.5 Å². The molecule has 0 radical (unpaired) electrons. The van der Waals surface area contributed by atoms with Crippen LogP contribution in [0.5, 0.6) is 0 Å². The Kier molecular flexibility index (Phi) is 5.70. The Morgan fingerprint density at radius 3 is 2.38 bits per heavy atom. The lowest BCUT2D eigenvalue weighted by Gasteiger charge is -2.41. The summed E-state index contributed by atoms with van der Waals surface area (Å²) in [6, 6.07) is 17.7. The molecule has 1 saturated heterocycles. The maximum Gasteiger partial charge on any atom is 0.410 e. The van der Waals surface area contributed by atoms with Gasteiger partial charge in [0.05, 0.1) is 11.6 Å². The summed E-state index contributed by atoms with van der Waals surface area (Å²) in [4.78, 5) is 16.5. The molecule has 1 aliphatic heterocycles. The lowest BCUT2D eigenvalue weighted by molar-refractivity contribution is 0.0218. The maximum atomic E-state index is 12.5. The van der Waals surface area contributed by atoms with Crippen molar-refractivity contribution in [1.82, 2.24) is 15.1 Å². The van der Waals surface area contributed by atoms with Gasteiger partial charge < -0.3 is 14.5 Å². The molecule has 7 nitrogen and oxygen atoms in total. The molecule has 3 aromatic rings. The highest BCUT2D eigenvalue weighted by atomic mass is 16.6. The van der Waals surface area contributed by atoms with Gasteiger partial charge in [-0.25, -0.2) is 4.79 Å². The molecule has 2 aromatic carbocycles. The molecule has 1 fully saturated rings. The molecular formula is C25H27N5O2. The second-order valence-electron chi connectivity index (χ2n) is 9.08. The van der Waals surface area contributed by atoms with E-state index in [4.69, 9.17) is 10.00 Å². The van der Waals surface area contributed by atoms with Crippen LogP contribution >= 0.6 is 0 Å². The SMILES string of the molecule is C[C@H]1CN(C(=O)OC(C)(C)C)CCN1c1nnc(-c2ccc(C#N)cc2)c2ccccc12. The highest BCUT2D eigenvalue weighted by Crippen LogP contribution is 2.33. The van der Waals surface area contributed by atoms with Gasteiger partial charge >= 0.3 is 6.09 Å². The number of aromatic nitrogens is 2. The second kappa shape index (κ2) is 8.46. The van der Waals surface area contributed by atoms with Crippen molar-refractivity contribution in [3.8, 4) is 17.3 Å². The van der Waals surface area contributed by atoms with E-state index in [9.17, 15) is 4.79 Å². The molecule has 164 valence electrons. The highest BCUT2D eigenvalue weighted by molar-refractivity contribution is 6.00. The molecule has 0 N–H and O–H groups in total. The standard InChI is InChI=1S/C25H27N5O2/c1-17-16-29(24(31)32-25(2,3)4)13-14-30(17)23-21-8-6-5-7-20(21)22(27-28-23)19-11-9-18(15-26)10-12-19/h5-12,17H,13-14,16H2,1-4H3/t17-/m0/s1. The molecule has 0 unspecified atom stereocenters. The number of benzene rings is 2. The Bertz CT molecular complexity index is 1180. The van der Waals surface area contributed by atoms with E-state index in [1.165, 1.54) is 0 Å². The van der Waals surface area contributed by atoms with Crippen molar-refractivity contribution < 1.29 is 9.53 Å². The van der Waals surface area contributed by atoms with E-state index in [0.717, 1.165) is 27.8 Å². The quantitative estimate of drug-likeness (QED) is 0.591. The summed E-state index contributed by atoms with van der Waals surface area (Å²) < 4.78 is 5.54. The van der Waals surface area contributed by atoms with Crippen LogP contribution in [0, 0.1) is 11.3 Å². The fourth-order valence-electron chi connectivity index (χ4n) is 3.98. The van der Waals surface area contributed by atoms with Crippen molar-refractivity contribution in [2.24, 2.45) is 0 Å². The number of hydrogen-bond acceptors (Lipinski definition) is 6. The van der Waals surface area contributed by atoms with Gasteiger partial charge in [0.1, 0.15) is 11.3 Å². The zero-order valence-corrected chi connectivity index (χ0v) is 18.9. The van der Waals surface area contributed by atoms with Crippen molar-refractivity contribution in [1.29, 1.82) is 5.26 Å². The Morgan fingerprint density at radius 2 is 1.75 bits per heavy atom. The Labute approximate surface area is 188 Å². The summed E-state index contributed by atoms with van der Waals surface area (Å²) in [5.41, 5.74) is 1.80. The monoisotopic (exact) mass is 429 g/mol. The molecular weight excluding hydrogens is 402 g/mol. The number of carbonyl (C=O) groups is 1. The minimum atomic E-state index is -0.513. The number of fused-ring (bicyclic) bond motifs is 1. The topological polar surface area (TPSA) is 82.3 Å². The van der Waals surface area contributed by atoms with E-state index in [0.29, 0.717) is 25.2 Å². The lowest BCUT2D eigenvalue weighted by Crippen LogP contribution is -2.55. The van der Waals surface area contributed by atoms with Crippen LogP contribution in [-0.2, 0) is 4.74 Å². The molecule has 0 saturated carbocycles. The van der Waals surface area contributed by atoms with Crippen molar-refractivity contribution in [2.45, 2.75) is 39.3 Å². The number of anilines is 1. The lowest BCUT2D eigenvalue weighted by atomic mass is 10.0. The van der Waals surface area contributed by atoms with Crippen LogP contribution in [0.2, 0.25) is 0 Å². The van der Waals surface area contributed by atoms with E-state index in [1.54, 1.807) is 17.0 Å². The molecule has 0 spiro atoms. The zero-order valence-electron chi connectivity index (χ0n) is 18.9. The Morgan fingerprint density at radius 1 is 1.06 bits per heavy atom. The Hall–Kier alpha value is -3.66. The van der Waals surface area contributed by atoms with E-state index in [2.05, 4.69) is 34.2 Å². The van der Waals surface area contributed by atoms with E-state index < -0.39 is 5.60 Å². The largest absolute Gasteiger partial charge is 0.444 e. The summed E-state index contributed by atoms with van der Waals surface area (Å²) in [5.74, 6) is 0.814. The van der Waals surface area contributed by atoms with E-state index in [-0.39, 0.29) is 12.1 Å². The number of ether oxygens (including phenoxy) is 1. The molecule has 1 aliphatic rings. The van der Waals surface area contributed by atoms with E-state index >= 15 is 0 Å². The van der Waals surface area contributed by atoms with Gasteiger partial charge in [-0.05, 0) is 39.8 Å². The molecule has 1 atom stereocenters. The van der Waals surface area contributed by atoms with Gasteiger partial charge in [-0.15, -0.1) is 10.2 Å². The molecule has 1 aromatic heterocycles. The third kappa shape index (κ3) is 4.35. The Balaban J connectivity index is 1.63. The molecule has 7 heteroatoms. The number of nitriles is 1. The van der Waals surface area contributed by atoms with Crippen molar-refractivity contribution in [3.05, 3.63) is 54.1 Å². The smallest absolute Gasteiger partial charge is 0.410 e. The normalized spacial score (nSPS) is 16.7. The van der Waals surface area contributed by atoms with Crippen LogP contribution in [0.3, 0.4) is 0 Å². The second-order valence-corrected chi connectivity index (χ2v) is 9.08. The van der Waals surface area contributed by atoms with Crippen molar-refractivity contribution in [3.63, 3.8) is 0 Å². The first-order chi connectivity index (χ1) is 15.3. The highest BCUT2D eigenvalue weighted by Gasteiger charge is 2.31. The van der Waals surface area contributed by atoms with Crippen molar-refractivity contribution >= 4 is 22.7 Å². The summed E-state index contributed by atoms with van der Waals surface area (Å²) in [6.07, 6.45) is -0.281. The first-order valence-corrected chi connectivity index (χ1v) is 10.8. The molecule has 4 rings (SSSR count). The minimum absolute atomic E-state index is 0.0646. The van der Waals surface area contributed by atoms with Gasteiger partial charge in [-0.1, -0.05) is 36.4 Å². The van der Waals surface area contributed by atoms with Gasteiger partial charge in [-0.3, -0.25) is 0 Å². The maximum absolute atomic E-state index is 12.5. The third-order valence-corrected chi connectivity index (χ3v) is 5.51. The number of carbonyl (C=O) groups excluding carboxylic acids is 1. The summed E-state index contributed by atoms with van der Waals surface area (Å²) in [7, 11) is 0. The molecule has 2 heterocycles. The van der Waals surface area contributed by atoms with Crippen LogP contribution < -0.4 is 4.90 Å². The molecule has 1 amide bonds. The first-order valence-electron chi connectivity index (χ1n) is 10.8. The van der Waals surface area contributed by atoms with Crippen LogP contribution in [0.4, 0.5) is 10.6 Å². The minimum Gasteiger partial charge on any atom is -0.444 e. The number of rotatable bonds is 2. The predicted molar refractivity (Wildman–Crippen MR) is 124 cm³/mol. The average Bonchev–Trinajstić information content (AvgIpc) is 2.77. The zero-order chi connectivity index (χ0) is 22.9. The summed E-state index contributed by atoms with van der Waals surface area (Å²) in [5, 5.41) is 20.3. The first kappa shape index (κ1) is 21.6. The molecule has 32 heavy (non-hydrogen) atoms. The van der Waals surface area contributed by atoms with Gasteiger partial charge in [0.2, 0.25) is 0 Å². The molecule has 0 aliphatic carbocycles. The average molecular weight is 430 g/mol. The van der Waals surface area contributed by atoms with E-state index in [1.807, 2.05) is 51.1 Å². The number of piperazine rings is 1. The fraction of sp³-hybridized carbons (Fsp3) is 0.360. The third-order valence-electron chi connectivity index (χ3n) is 5.51. The number of hydrogen-bond donors (Lipinski definition) is 0. The van der Waals surface area contributed by atoms with Gasteiger partial charge in [0.15, 0.2) is 5.82 Å². The molecule has 0 bridgehead atoms. The summed E-state index contributed by atoms with van der Waals surface area (Å²) in [6.45, 7) is 9.48.